The van der Waals surface area contributed by atoms with Gasteiger partial charge in [-0.15, -0.1) is 0 Å². The van der Waals surface area contributed by atoms with Crippen molar-refractivity contribution in [3.63, 3.8) is 0 Å². The van der Waals surface area contributed by atoms with Gasteiger partial charge in [0, 0.05) is 31.3 Å². The van der Waals surface area contributed by atoms with Crippen LogP contribution in [0.2, 0.25) is 0 Å². The summed E-state index contributed by atoms with van der Waals surface area (Å²) in [5, 5.41) is 5.37. The highest BCUT2D eigenvalue weighted by Gasteiger charge is 2.46. The van der Waals surface area contributed by atoms with Crippen molar-refractivity contribution < 1.29 is 14.1 Å². The van der Waals surface area contributed by atoms with Gasteiger partial charge in [0.25, 0.3) is 11.8 Å². The lowest BCUT2D eigenvalue weighted by Gasteiger charge is -2.37. The third-order valence-electron chi connectivity index (χ3n) is 6.83. The maximum atomic E-state index is 12.5. The van der Waals surface area contributed by atoms with E-state index in [4.69, 9.17) is 10.3 Å². The molecule has 1 aliphatic rings. The van der Waals surface area contributed by atoms with Gasteiger partial charge in [-0.25, -0.2) is 4.79 Å². The van der Waals surface area contributed by atoms with Crippen LogP contribution in [0.4, 0.5) is 0 Å². The molecule has 36 heavy (non-hydrogen) atoms. The standard InChI is InChI=1S/C27H33N5O4/c1-15(2)32-25(31-26(35)36-32)27(14-16(3)28)21-10-8-19(23(33)29-4)12-17(21)6-7-18-13-20(24(34)30-5)9-11-22(18)27/h8-13,15-16H,6-7,14,28H2,1-5H3,(H,29,33)(H,30,34)/t16-/m0/s1. The van der Waals surface area contributed by atoms with Crippen LogP contribution in [-0.2, 0) is 18.3 Å². The molecule has 1 aliphatic carbocycles. The van der Waals surface area contributed by atoms with Gasteiger partial charge in [-0.2, -0.15) is 9.72 Å². The number of rotatable bonds is 6. The Hall–Kier alpha value is -3.72. The van der Waals surface area contributed by atoms with Crippen LogP contribution >= 0.6 is 0 Å². The van der Waals surface area contributed by atoms with Gasteiger partial charge >= 0.3 is 5.76 Å². The van der Waals surface area contributed by atoms with Crippen LogP contribution in [0.25, 0.3) is 0 Å². The summed E-state index contributed by atoms with van der Waals surface area (Å²) in [6, 6.07) is 10.8. The number of nitrogens with zero attached hydrogens (tertiary/aromatic N) is 2. The summed E-state index contributed by atoms with van der Waals surface area (Å²) in [5.41, 5.74) is 10.4. The predicted octanol–water partition coefficient (Wildman–Crippen LogP) is 2.31. The Bertz CT molecular complexity index is 1300. The molecular formula is C27H33N5O4. The molecule has 0 fully saturated rings. The van der Waals surface area contributed by atoms with Crippen molar-refractivity contribution in [2.24, 2.45) is 5.73 Å². The van der Waals surface area contributed by atoms with Crippen LogP contribution in [0.3, 0.4) is 0 Å². The maximum Gasteiger partial charge on any atom is 0.459 e. The molecule has 0 unspecified atom stereocenters. The first kappa shape index (κ1) is 25.4. The lowest BCUT2D eigenvalue weighted by molar-refractivity contribution is 0.0955. The van der Waals surface area contributed by atoms with Crippen LogP contribution in [-0.4, -0.2) is 41.7 Å². The second kappa shape index (κ2) is 9.73. The van der Waals surface area contributed by atoms with E-state index in [1.807, 2.05) is 45.0 Å². The highest BCUT2D eigenvalue weighted by Crippen LogP contribution is 2.47. The van der Waals surface area contributed by atoms with Gasteiger partial charge in [0.05, 0.1) is 11.5 Å². The van der Waals surface area contributed by atoms with Crippen molar-refractivity contribution in [2.75, 3.05) is 14.1 Å². The van der Waals surface area contributed by atoms with Gasteiger partial charge in [0.1, 0.15) is 0 Å². The predicted molar refractivity (Wildman–Crippen MR) is 136 cm³/mol. The molecule has 9 nitrogen and oxygen atoms in total. The number of benzene rings is 2. The number of aromatic nitrogens is 2. The molecule has 190 valence electrons. The third kappa shape index (κ3) is 4.24. The molecule has 0 spiro atoms. The molecule has 0 saturated carbocycles. The normalized spacial score (nSPS) is 15.0. The summed E-state index contributed by atoms with van der Waals surface area (Å²) >= 11 is 0. The Morgan fingerprint density at radius 1 is 1.00 bits per heavy atom. The van der Waals surface area contributed by atoms with Crippen LogP contribution in [0.1, 0.15) is 82.0 Å². The van der Waals surface area contributed by atoms with Crippen molar-refractivity contribution in [1.82, 2.24) is 20.4 Å². The van der Waals surface area contributed by atoms with Gasteiger partial charge in [0.15, 0.2) is 5.82 Å². The summed E-state index contributed by atoms with van der Waals surface area (Å²) < 4.78 is 7.10. The average Bonchev–Trinajstić information content (AvgIpc) is 3.21. The number of amides is 2. The smallest absolute Gasteiger partial charge is 0.355 e. The summed E-state index contributed by atoms with van der Waals surface area (Å²) in [6.45, 7) is 5.77. The van der Waals surface area contributed by atoms with Crippen LogP contribution < -0.4 is 22.1 Å². The topological polar surface area (TPSA) is 132 Å². The van der Waals surface area contributed by atoms with E-state index in [2.05, 4.69) is 15.6 Å². The molecule has 0 saturated heterocycles. The SMILES string of the molecule is CNC(=O)c1ccc2c(c1)CCc1cc(C(=O)NC)ccc1C2(C[C@H](C)N)c1nc(=O)on1C(C)C. The summed E-state index contributed by atoms with van der Waals surface area (Å²) in [7, 11) is 3.20. The molecule has 0 aliphatic heterocycles. The van der Waals surface area contributed by atoms with E-state index in [1.54, 1.807) is 31.0 Å². The molecule has 0 bridgehead atoms. The molecular weight excluding hydrogens is 458 g/mol. The molecule has 1 atom stereocenters. The highest BCUT2D eigenvalue weighted by molar-refractivity contribution is 5.95. The van der Waals surface area contributed by atoms with Gasteiger partial charge < -0.3 is 20.9 Å². The van der Waals surface area contributed by atoms with E-state index < -0.39 is 11.2 Å². The molecule has 3 aromatic rings. The minimum Gasteiger partial charge on any atom is -0.355 e. The van der Waals surface area contributed by atoms with E-state index in [0.29, 0.717) is 36.2 Å². The monoisotopic (exact) mass is 491 g/mol. The quantitative estimate of drug-likeness (QED) is 0.485. The summed E-state index contributed by atoms with van der Waals surface area (Å²) in [6.07, 6.45) is 1.70. The zero-order valence-corrected chi connectivity index (χ0v) is 21.3. The van der Waals surface area contributed by atoms with Gasteiger partial charge in [-0.3, -0.25) is 9.59 Å². The first-order valence-electron chi connectivity index (χ1n) is 12.2. The first-order chi connectivity index (χ1) is 17.1. The Morgan fingerprint density at radius 3 is 1.92 bits per heavy atom. The van der Waals surface area contributed by atoms with Crippen LogP contribution in [0, 0.1) is 0 Å². The molecule has 1 heterocycles. The van der Waals surface area contributed by atoms with E-state index in [-0.39, 0.29) is 23.9 Å². The molecule has 4 N–H and O–H groups in total. The van der Waals surface area contributed by atoms with Crippen molar-refractivity contribution in [1.29, 1.82) is 0 Å². The lowest BCUT2D eigenvalue weighted by atomic mass is 9.67. The largest absolute Gasteiger partial charge is 0.459 e. The van der Waals surface area contributed by atoms with E-state index in [9.17, 15) is 14.4 Å². The fraction of sp³-hybridized carbons (Fsp3) is 0.407. The van der Waals surface area contributed by atoms with E-state index in [0.717, 1.165) is 22.3 Å². The fourth-order valence-corrected chi connectivity index (χ4v) is 5.37. The number of hydrogen-bond acceptors (Lipinski definition) is 6. The maximum absolute atomic E-state index is 12.5. The molecule has 2 amide bonds. The van der Waals surface area contributed by atoms with Gasteiger partial charge in [-0.05, 0) is 86.6 Å². The number of nitrogens with one attached hydrogen (secondary N) is 2. The number of aryl methyl sites for hydroxylation is 2. The molecule has 2 aromatic carbocycles. The zero-order valence-electron chi connectivity index (χ0n) is 21.3. The van der Waals surface area contributed by atoms with Crippen LogP contribution in [0.5, 0.6) is 0 Å². The Balaban J connectivity index is 2.13. The Kier molecular flexibility index (Phi) is 6.86. The highest BCUT2D eigenvalue weighted by atomic mass is 16.5. The number of carbonyl (C=O) groups is 2. The second-order valence-corrected chi connectivity index (χ2v) is 9.70. The molecule has 9 heteroatoms. The Morgan fingerprint density at radius 2 is 1.50 bits per heavy atom. The van der Waals surface area contributed by atoms with Crippen molar-refractivity contribution in [3.8, 4) is 0 Å². The van der Waals surface area contributed by atoms with E-state index in [1.165, 1.54) is 0 Å². The van der Waals surface area contributed by atoms with Gasteiger partial charge in [-0.1, -0.05) is 12.1 Å². The molecule has 1 aromatic heterocycles. The molecule has 4 rings (SSSR count). The minimum absolute atomic E-state index is 0.175. The average molecular weight is 492 g/mol. The van der Waals surface area contributed by atoms with Crippen molar-refractivity contribution in [3.05, 3.63) is 86.2 Å². The second-order valence-electron chi connectivity index (χ2n) is 9.70. The Labute approximate surface area is 210 Å². The van der Waals surface area contributed by atoms with E-state index >= 15 is 0 Å². The minimum atomic E-state index is -0.936. The van der Waals surface area contributed by atoms with Crippen molar-refractivity contribution in [2.45, 2.75) is 57.5 Å². The van der Waals surface area contributed by atoms with Gasteiger partial charge in [0.2, 0.25) is 0 Å². The van der Waals surface area contributed by atoms with Crippen LogP contribution in [0.15, 0.2) is 45.7 Å². The number of nitrogens with two attached hydrogens (primary N) is 1. The fourth-order valence-electron chi connectivity index (χ4n) is 5.37. The number of carbonyl (C=O) groups excluding carboxylic acids is 2. The zero-order chi connectivity index (χ0) is 26.2. The van der Waals surface area contributed by atoms with Crippen molar-refractivity contribution >= 4 is 11.8 Å². The summed E-state index contributed by atoms with van der Waals surface area (Å²) in [4.78, 5) is 41.8. The third-order valence-corrected chi connectivity index (χ3v) is 6.83. The number of hydrogen-bond donors (Lipinski definition) is 3. The number of fused-ring (bicyclic) bond motifs is 2. The molecule has 0 radical (unpaired) electrons. The summed E-state index contributed by atoms with van der Waals surface area (Å²) in [5.74, 6) is -0.580. The lowest BCUT2D eigenvalue weighted by Crippen LogP contribution is -2.40. The first-order valence-corrected chi connectivity index (χ1v) is 12.2.